The first-order chi connectivity index (χ1) is 16.1. The van der Waals surface area contributed by atoms with Gasteiger partial charge in [0.15, 0.2) is 16.6 Å². The molecular weight excluding hydrogens is 478 g/mol. The molecule has 0 atom stereocenters. The van der Waals surface area contributed by atoms with Gasteiger partial charge in [0.1, 0.15) is 34.9 Å². The van der Waals surface area contributed by atoms with Crippen LogP contribution in [0.25, 0.3) is 10.2 Å². The number of rotatable bonds is 9. The Morgan fingerprint density at radius 2 is 1.68 bits per heavy atom. The van der Waals surface area contributed by atoms with Crippen molar-refractivity contribution in [3.05, 3.63) is 35.9 Å². The predicted octanol–water partition coefficient (Wildman–Crippen LogP) is 4.50. The van der Waals surface area contributed by atoms with E-state index in [1.54, 1.807) is 37.3 Å². The molecule has 1 amide bonds. The van der Waals surface area contributed by atoms with Crippen LogP contribution in [0.15, 0.2) is 30.3 Å². The first-order valence-corrected chi connectivity index (χ1v) is 11.9. The highest BCUT2D eigenvalue weighted by Gasteiger charge is 2.25. The predicted molar refractivity (Wildman–Crippen MR) is 137 cm³/mol. The van der Waals surface area contributed by atoms with Gasteiger partial charge in [-0.2, -0.15) is 0 Å². The second-order valence-corrected chi connectivity index (χ2v) is 8.46. The third-order valence-electron chi connectivity index (χ3n) is 5.70. The average molecular weight is 508 g/mol. The summed E-state index contributed by atoms with van der Waals surface area (Å²) in [5.74, 6) is 2.44. The maximum atomic E-state index is 13.7. The highest BCUT2D eigenvalue weighted by Crippen LogP contribution is 2.40. The number of nitrogens with zero attached hydrogens (tertiary/aromatic N) is 3. The number of hydrogen-bond donors (Lipinski definition) is 0. The van der Waals surface area contributed by atoms with E-state index in [9.17, 15) is 4.79 Å². The van der Waals surface area contributed by atoms with E-state index in [2.05, 4.69) is 18.7 Å². The van der Waals surface area contributed by atoms with Crippen molar-refractivity contribution >= 4 is 45.0 Å². The number of anilines is 1. The van der Waals surface area contributed by atoms with Gasteiger partial charge < -0.3 is 23.8 Å². The fourth-order valence-corrected chi connectivity index (χ4v) is 4.89. The molecule has 0 saturated heterocycles. The number of amides is 1. The number of thiazole rings is 1. The van der Waals surface area contributed by atoms with Crippen LogP contribution in [0, 0.1) is 0 Å². The van der Waals surface area contributed by atoms with E-state index in [1.165, 1.54) is 11.3 Å². The minimum Gasteiger partial charge on any atom is -0.495 e. The average Bonchev–Trinajstić information content (AvgIpc) is 3.30. The first-order valence-electron chi connectivity index (χ1n) is 11.0. The Morgan fingerprint density at radius 1 is 1.00 bits per heavy atom. The summed E-state index contributed by atoms with van der Waals surface area (Å²) in [4.78, 5) is 22.5. The smallest absolute Gasteiger partial charge is 0.260 e. The summed E-state index contributed by atoms with van der Waals surface area (Å²) < 4.78 is 23.2. The Labute approximate surface area is 209 Å². The lowest BCUT2D eigenvalue weighted by molar-refractivity contribution is 0.0982. The van der Waals surface area contributed by atoms with E-state index in [1.807, 2.05) is 12.1 Å². The minimum absolute atomic E-state index is 0. The monoisotopic (exact) mass is 507 g/mol. The zero-order chi connectivity index (χ0) is 23.4. The van der Waals surface area contributed by atoms with E-state index < -0.39 is 0 Å². The molecule has 0 aliphatic carbocycles. The number of carbonyl (C=O) groups excluding carboxylic acids is 1. The van der Waals surface area contributed by atoms with Crippen LogP contribution in [0.3, 0.4) is 0 Å². The lowest BCUT2D eigenvalue weighted by Gasteiger charge is -2.25. The summed E-state index contributed by atoms with van der Waals surface area (Å²) >= 11 is 1.42. The van der Waals surface area contributed by atoms with Crippen LogP contribution >= 0.6 is 23.7 Å². The van der Waals surface area contributed by atoms with E-state index in [0.29, 0.717) is 59.0 Å². The molecule has 34 heavy (non-hydrogen) atoms. The number of likely N-dealkylation sites (N-methyl/N-ethyl adjacent to an activating group) is 1. The van der Waals surface area contributed by atoms with E-state index in [4.69, 9.17) is 23.9 Å². The van der Waals surface area contributed by atoms with Crippen molar-refractivity contribution in [3.63, 3.8) is 0 Å². The van der Waals surface area contributed by atoms with Crippen molar-refractivity contribution in [2.75, 3.05) is 58.5 Å². The second kappa shape index (κ2) is 11.6. The van der Waals surface area contributed by atoms with Crippen LogP contribution in [0.2, 0.25) is 0 Å². The number of aromatic nitrogens is 1. The normalized spacial score (nSPS) is 12.4. The van der Waals surface area contributed by atoms with Crippen LogP contribution in [0.1, 0.15) is 24.2 Å². The fraction of sp³-hybridized carbons (Fsp3) is 0.417. The number of fused-ring (bicyclic) bond motifs is 2. The molecule has 184 valence electrons. The molecule has 0 unspecified atom stereocenters. The summed E-state index contributed by atoms with van der Waals surface area (Å²) in [7, 11) is 3.23. The number of halogens is 1. The summed E-state index contributed by atoms with van der Waals surface area (Å²) in [5, 5.41) is 0.597. The van der Waals surface area contributed by atoms with E-state index in [0.717, 1.165) is 24.3 Å². The zero-order valence-corrected chi connectivity index (χ0v) is 21.5. The summed E-state index contributed by atoms with van der Waals surface area (Å²) in [6.07, 6.45) is 0. The van der Waals surface area contributed by atoms with Gasteiger partial charge in [-0.3, -0.25) is 9.69 Å². The molecule has 4 rings (SSSR count). The molecule has 0 fully saturated rings. The maximum Gasteiger partial charge on any atom is 0.260 e. The van der Waals surface area contributed by atoms with E-state index in [-0.39, 0.29) is 18.3 Å². The largest absolute Gasteiger partial charge is 0.495 e. The molecule has 3 aromatic rings. The molecule has 0 bridgehead atoms. The Kier molecular flexibility index (Phi) is 8.82. The lowest BCUT2D eigenvalue weighted by Crippen LogP contribution is -2.39. The summed E-state index contributed by atoms with van der Waals surface area (Å²) in [5.41, 5.74) is 1.21. The topological polar surface area (TPSA) is 73.4 Å². The molecule has 2 aromatic carbocycles. The maximum absolute atomic E-state index is 13.7. The van der Waals surface area contributed by atoms with Crippen LogP contribution < -0.4 is 23.8 Å². The number of methoxy groups -OCH3 is 2. The van der Waals surface area contributed by atoms with Gasteiger partial charge >= 0.3 is 0 Å². The highest BCUT2D eigenvalue weighted by molar-refractivity contribution is 7.22. The van der Waals surface area contributed by atoms with Gasteiger partial charge in [0.05, 0.1) is 14.2 Å². The minimum atomic E-state index is -0.142. The molecule has 8 nitrogen and oxygen atoms in total. The molecule has 10 heteroatoms. The summed E-state index contributed by atoms with van der Waals surface area (Å²) in [6.45, 7) is 8.24. The number of ether oxygens (including phenoxy) is 4. The Hall–Kier alpha value is -2.75. The van der Waals surface area contributed by atoms with Crippen LogP contribution in [0.5, 0.6) is 23.0 Å². The lowest BCUT2D eigenvalue weighted by atomic mass is 10.1. The van der Waals surface area contributed by atoms with Gasteiger partial charge in [-0.1, -0.05) is 25.2 Å². The van der Waals surface area contributed by atoms with Crippen LogP contribution in [-0.2, 0) is 0 Å². The molecular formula is C24H30ClN3O5S. The van der Waals surface area contributed by atoms with Crippen LogP contribution in [-0.4, -0.2) is 69.4 Å². The van der Waals surface area contributed by atoms with Crippen molar-refractivity contribution in [2.45, 2.75) is 13.8 Å². The zero-order valence-electron chi connectivity index (χ0n) is 19.8. The third kappa shape index (κ3) is 5.16. The Balaban J connectivity index is 0.00000324. The molecule has 0 spiro atoms. The Morgan fingerprint density at radius 3 is 2.35 bits per heavy atom. The molecule has 0 radical (unpaired) electrons. The van der Waals surface area contributed by atoms with Crippen LogP contribution in [0.4, 0.5) is 5.13 Å². The summed E-state index contributed by atoms with van der Waals surface area (Å²) in [6, 6.07) is 8.98. The van der Waals surface area contributed by atoms with Crippen molar-refractivity contribution in [3.8, 4) is 23.0 Å². The molecule has 2 heterocycles. The fourth-order valence-electron chi connectivity index (χ4n) is 3.79. The van der Waals surface area contributed by atoms with Crippen molar-refractivity contribution in [1.82, 2.24) is 9.88 Å². The van der Waals surface area contributed by atoms with Gasteiger partial charge in [-0.05, 0) is 43.4 Å². The molecule has 1 aliphatic heterocycles. The Bertz CT molecular complexity index is 1090. The first kappa shape index (κ1) is 25.9. The third-order valence-corrected chi connectivity index (χ3v) is 6.79. The second-order valence-electron chi connectivity index (χ2n) is 7.49. The molecule has 1 aliphatic rings. The number of carbonyl (C=O) groups is 1. The number of benzene rings is 2. The van der Waals surface area contributed by atoms with Crippen molar-refractivity contribution in [1.29, 1.82) is 0 Å². The van der Waals surface area contributed by atoms with Gasteiger partial charge in [0.25, 0.3) is 5.91 Å². The number of hydrogen-bond acceptors (Lipinski definition) is 8. The van der Waals surface area contributed by atoms with E-state index >= 15 is 0 Å². The SMILES string of the molecule is CCN(CC)CCN(C(=O)c1ccc2c(c1)OCCO2)c1nc2c(OC)ccc(OC)c2s1.Cl. The standard InChI is InChI=1S/C24H29N3O5S.ClH/c1-5-26(6-2)11-12-27(23(28)16-7-8-17-20(15-16)32-14-13-31-17)24-25-21-18(29-3)9-10-19(30-4)22(21)33-24;/h7-10,15H,5-6,11-14H2,1-4H3;1H. The molecule has 0 N–H and O–H groups in total. The van der Waals surface area contributed by atoms with Gasteiger partial charge in [0, 0.05) is 18.7 Å². The van der Waals surface area contributed by atoms with Crippen molar-refractivity contribution in [2.24, 2.45) is 0 Å². The highest BCUT2D eigenvalue weighted by atomic mass is 35.5. The molecule has 0 saturated carbocycles. The van der Waals surface area contributed by atoms with Gasteiger partial charge in [-0.15, -0.1) is 12.4 Å². The van der Waals surface area contributed by atoms with Gasteiger partial charge in [-0.25, -0.2) is 4.98 Å². The molecule has 1 aromatic heterocycles. The van der Waals surface area contributed by atoms with Gasteiger partial charge in [0.2, 0.25) is 0 Å². The van der Waals surface area contributed by atoms with Crippen molar-refractivity contribution < 1.29 is 23.7 Å². The quantitative estimate of drug-likeness (QED) is 0.422.